The van der Waals surface area contributed by atoms with Crippen LogP contribution >= 0.6 is 0 Å². The third kappa shape index (κ3) is 3.49. The van der Waals surface area contributed by atoms with Gasteiger partial charge in [-0.15, -0.1) is 0 Å². The Morgan fingerprint density at radius 1 is 1.28 bits per heavy atom. The van der Waals surface area contributed by atoms with Crippen LogP contribution < -0.4 is 5.56 Å². The molecule has 0 unspecified atom stereocenters. The van der Waals surface area contributed by atoms with Gasteiger partial charge in [0.15, 0.2) is 9.84 Å². The number of piperazine rings is 1. The first kappa shape index (κ1) is 18.1. The van der Waals surface area contributed by atoms with Crippen LogP contribution in [0, 0.1) is 0 Å². The maximum Gasteiger partial charge on any atom is 0.254 e. The lowest BCUT2D eigenvalue weighted by Gasteiger charge is -2.43. The molecule has 9 heteroatoms. The van der Waals surface area contributed by atoms with Crippen LogP contribution in [0.5, 0.6) is 0 Å². The van der Waals surface area contributed by atoms with Gasteiger partial charge in [-0.3, -0.25) is 14.5 Å². The third-order valence-electron chi connectivity index (χ3n) is 5.02. The number of carbonyl (C=O) groups is 1. The summed E-state index contributed by atoms with van der Waals surface area (Å²) < 4.78 is 25.7. The molecule has 2 saturated heterocycles. The molecular formula is C16H23N3O5S. The van der Waals surface area contributed by atoms with Gasteiger partial charge in [-0.25, -0.2) is 8.42 Å². The predicted molar refractivity (Wildman–Crippen MR) is 92.3 cm³/mol. The van der Waals surface area contributed by atoms with Gasteiger partial charge in [0.25, 0.3) is 11.5 Å². The van der Waals surface area contributed by atoms with E-state index in [1.807, 2.05) is 11.8 Å². The van der Waals surface area contributed by atoms with Gasteiger partial charge in [0.05, 0.1) is 24.2 Å². The molecule has 0 spiro atoms. The van der Waals surface area contributed by atoms with Gasteiger partial charge in [-0.05, 0) is 13.0 Å². The lowest BCUT2D eigenvalue weighted by atomic mass is 10.0. The minimum absolute atomic E-state index is 0.00111. The average Bonchev–Trinajstić information content (AvgIpc) is 2.90. The number of β-amino-alcohol motifs (C(OH)–C–C–N with tert-alkyl or cyclic N) is 1. The molecule has 0 radical (unpaired) electrons. The van der Waals surface area contributed by atoms with Crippen LogP contribution in [0.15, 0.2) is 23.1 Å². The monoisotopic (exact) mass is 369 g/mol. The molecule has 2 aliphatic heterocycles. The van der Waals surface area contributed by atoms with Crippen molar-refractivity contribution in [3.63, 3.8) is 0 Å². The number of rotatable bonds is 4. The topological polar surface area (TPSA) is 99.9 Å². The molecular weight excluding hydrogens is 346 g/mol. The van der Waals surface area contributed by atoms with Crippen LogP contribution in [-0.4, -0.2) is 83.6 Å². The summed E-state index contributed by atoms with van der Waals surface area (Å²) in [6.07, 6.45) is 1.58. The van der Waals surface area contributed by atoms with Gasteiger partial charge in [0, 0.05) is 50.0 Å². The van der Waals surface area contributed by atoms with Crippen molar-refractivity contribution in [1.82, 2.24) is 14.4 Å². The number of hydrogen-bond acceptors (Lipinski definition) is 6. The van der Waals surface area contributed by atoms with Crippen LogP contribution in [-0.2, 0) is 16.4 Å². The molecule has 0 saturated carbocycles. The summed E-state index contributed by atoms with van der Waals surface area (Å²) in [5.74, 6) is -0.382. The summed E-state index contributed by atoms with van der Waals surface area (Å²) in [6.45, 7) is 3.60. The summed E-state index contributed by atoms with van der Waals surface area (Å²) in [5.41, 5.74) is 0.0382. The van der Waals surface area contributed by atoms with Gasteiger partial charge >= 0.3 is 0 Å². The first-order valence-electron chi connectivity index (χ1n) is 8.43. The van der Waals surface area contributed by atoms with E-state index in [4.69, 9.17) is 0 Å². The highest BCUT2D eigenvalue weighted by atomic mass is 32.2. The normalized spacial score (nSPS) is 25.8. The lowest BCUT2D eigenvalue weighted by molar-refractivity contribution is 0.0281. The fourth-order valence-electron chi connectivity index (χ4n) is 3.75. The molecule has 138 valence electrons. The van der Waals surface area contributed by atoms with Crippen molar-refractivity contribution in [3.8, 4) is 0 Å². The maximum absolute atomic E-state index is 12.9. The standard InChI is InChI=1S/C16H23N3O5S/c1-2-17-4-3-12(9-15(17)21)16(22)19-6-5-18(7-8-20)13-10-25(23,24)11-14(13)19/h3-4,9,13-14,20H,2,5-8,10-11H2,1H3/t13-,14+/m1/s1. The van der Waals surface area contributed by atoms with E-state index in [1.165, 1.54) is 10.6 Å². The summed E-state index contributed by atoms with van der Waals surface area (Å²) in [4.78, 5) is 28.4. The lowest BCUT2D eigenvalue weighted by Crippen LogP contribution is -2.61. The molecule has 2 fully saturated rings. The highest BCUT2D eigenvalue weighted by Gasteiger charge is 2.47. The Morgan fingerprint density at radius 2 is 2.00 bits per heavy atom. The number of pyridine rings is 1. The second-order valence-electron chi connectivity index (χ2n) is 6.51. The Balaban J connectivity index is 1.88. The number of aliphatic hydroxyl groups excluding tert-OH is 1. The smallest absolute Gasteiger partial charge is 0.254 e. The van der Waals surface area contributed by atoms with E-state index in [2.05, 4.69) is 0 Å². The zero-order valence-corrected chi connectivity index (χ0v) is 15.0. The number of aromatic nitrogens is 1. The highest BCUT2D eigenvalue weighted by molar-refractivity contribution is 7.91. The quantitative estimate of drug-likeness (QED) is 0.714. The summed E-state index contributed by atoms with van der Waals surface area (Å²) in [5, 5.41) is 9.19. The molecule has 2 aliphatic rings. The number of nitrogens with zero attached hydrogens (tertiary/aromatic N) is 3. The van der Waals surface area contributed by atoms with Crippen molar-refractivity contribution in [3.05, 3.63) is 34.2 Å². The Bertz CT molecular complexity index is 819. The van der Waals surface area contributed by atoms with Gasteiger partial charge < -0.3 is 14.6 Å². The fraction of sp³-hybridized carbons (Fsp3) is 0.625. The number of aliphatic hydroxyl groups is 1. The predicted octanol–water partition coefficient (Wildman–Crippen LogP) is -1.22. The molecule has 3 rings (SSSR count). The Kier molecular flexibility index (Phi) is 4.99. The van der Waals surface area contributed by atoms with E-state index in [1.54, 1.807) is 17.2 Å². The number of fused-ring (bicyclic) bond motifs is 1. The molecule has 1 N–H and O–H groups in total. The van der Waals surface area contributed by atoms with Crippen LogP contribution in [0.1, 0.15) is 17.3 Å². The van der Waals surface area contributed by atoms with E-state index in [-0.39, 0.29) is 41.2 Å². The first-order valence-corrected chi connectivity index (χ1v) is 10.2. The molecule has 0 aliphatic carbocycles. The Hall–Kier alpha value is -1.71. The molecule has 25 heavy (non-hydrogen) atoms. The number of hydrogen-bond donors (Lipinski definition) is 1. The van der Waals surface area contributed by atoms with Crippen LogP contribution in [0.4, 0.5) is 0 Å². The summed E-state index contributed by atoms with van der Waals surface area (Å²) in [6, 6.07) is 2.17. The maximum atomic E-state index is 12.9. The van der Waals surface area contributed by atoms with Crippen molar-refractivity contribution >= 4 is 15.7 Å². The van der Waals surface area contributed by atoms with Crippen LogP contribution in [0.2, 0.25) is 0 Å². The van der Waals surface area contributed by atoms with Gasteiger partial charge in [0.2, 0.25) is 0 Å². The van der Waals surface area contributed by atoms with Crippen molar-refractivity contribution in [2.45, 2.75) is 25.6 Å². The summed E-state index contributed by atoms with van der Waals surface area (Å²) in [7, 11) is -3.23. The van der Waals surface area contributed by atoms with Crippen molar-refractivity contribution in [2.75, 3.05) is 37.7 Å². The zero-order chi connectivity index (χ0) is 18.2. The minimum Gasteiger partial charge on any atom is -0.395 e. The van der Waals surface area contributed by atoms with Gasteiger partial charge in [-0.1, -0.05) is 0 Å². The Labute approximate surface area is 146 Å². The molecule has 1 amide bonds. The van der Waals surface area contributed by atoms with Gasteiger partial charge in [-0.2, -0.15) is 0 Å². The average molecular weight is 369 g/mol. The van der Waals surface area contributed by atoms with E-state index in [0.717, 1.165) is 0 Å². The number of carbonyl (C=O) groups excluding carboxylic acids is 1. The molecule has 0 bridgehead atoms. The van der Waals surface area contributed by atoms with E-state index >= 15 is 0 Å². The number of aryl methyl sites for hydroxylation is 1. The zero-order valence-electron chi connectivity index (χ0n) is 14.2. The molecule has 2 atom stereocenters. The first-order chi connectivity index (χ1) is 11.9. The highest BCUT2D eigenvalue weighted by Crippen LogP contribution is 2.27. The SMILES string of the molecule is CCn1ccc(C(=O)N2CCN(CCO)[C@@H]3CS(=O)(=O)C[C@@H]32)cc1=O. The number of sulfone groups is 1. The third-order valence-corrected chi connectivity index (χ3v) is 6.72. The van der Waals surface area contributed by atoms with E-state index in [9.17, 15) is 23.1 Å². The molecule has 0 aromatic carbocycles. The minimum atomic E-state index is -3.23. The Morgan fingerprint density at radius 3 is 2.64 bits per heavy atom. The van der Waals surface area contributed by atoms with Crippen molar-refractivity contribution in [1.29, 1.82) is 0 Å². The van der Waals surface area contributed by atoms with Crippen LogP contribution in [0.25, 0.3) is 0 Å². The van der Waals surface area contributed by atoms with Gasteiger partial charge in [0.1, 0.15) is 0 Å². The molecule has 3 heterocycles. The number of amides is 1. The van der Waals surface area contributed by atoms with Crippen LogP contribution in [0.3, 0.4) is 0 Å². The molecule has 1 aromatic rings. The second kappa shape index (κ2) is 6.89. The molecule has 8 nitrogen and oxygen atoms in total. The van der Waals surface area contributed by atoms with E-state index in [0.29, 0.717) is 26.2 Å². The second-order valence-corrected chi connectivity index (χ2v) is 8.66. The largest absolute Gasteiger partial charge is 0.395 e. The van der Waals surface area contributed by atoms with Crippen molar-refractivity contribution < 1.29 is 18.3 Å². The van der Waals surface area contributed by atoms with E-state index < -0.39 is 15.9 Å². The fourth-order valence-corrected chi connectivity index (χ4v) is 5.76. The molecule has 1 aromatic heterocycles. The summed E-state index contributed by atoms with van der Waals surface area (Å²) >= 11 is 0. The van der Waals surface area contributed by atoms with Crippen molar-refractivity contribution in [2.24, 2.45) is 0 Å².